The van der Waals surface area contributed by atoms with Gasteiger partial charge < -0.3 is 15.4 Å². The Labute approximate surface area is 168 Å². The van der Waals surface area contributed by atoms with Gasteiger partial charge in [-0.2, -0.15) is 16.9 Å². The molecule has 1 rings (SSSR count). The van der Waals surface area contributed by atoms with Crippen molar-refractivity contribution >= 4 is 29.6 Å². The molecule has 0 aliphatic carbocycles. The van der Waals surface area contributed by atoms with Gasteiger partial charge in [0.2, 0.25) is 0 Å². The van der Waals surface area contributed by atoms with Crippen LogP contribution in [0.3, 0.4) is 0 Å². The molecule has 3 amide bonds. The number of amides is 3. The lowest BCUT2D eigenvalue weighted by Gasteiger charge is -2.21. The summed E-state index contributed by atoms with van der Waals surface area (Å²) in [6.07, 6.45) is 3.79. The summed E-state index contributed by atoms with van der Waals surface area (Å²) in [5.41, 5.74) is 0.287. The van der Waals surface area contributed by atoms with E-state index in [1.54, 1.807) is 5.01 Å². The van der Waals surface area contributed by atoms with Crippen LogP contribution < -0.4 is 10.6 Å². The van der Waals surface area contributed by atoms with E-state index in [2.05, 4.69) is 22.7 Å². The summed E-state index contributed by atoms with van der Waals surface area (Å²) in [6.45, 7) is 12.0. The number of carbonyl (C=O) groups is 2. The molecule has 2 unspecified atom stereocenters. The maximum Gasteiger partial charge on any atom is 0.407 e. The second-order valence-electron chi connectivity index (χ2n) is 7.95. The van der Waals surface area contributed by atoms with E-state index in [1.165, 1.54) is 19.3 Å². The van der Waals surface area contributed by atoms with Gasteiger partial charge >= 0.3 is 12.1 Å². The first-order valence-corrected chi connectivity index (χ1v) is 11.0. The van der Waals surface area contributed by atoms with Crippen molar-refractivity contribution < 1.29 is 14.3 Å². The van der Waals surface area contributed by atoms with E-state index < -0.39 is 11.7 Å². The number of unbranched alkanes of at least 4 members (excludes halogenated alkanes) is 2. The highest BCUT2D eigenvalue weighted by Crippen LogP contribution is 2.20. The molecule has 8 heteroatoms. The van der Waals surface area contributed by atoms with E-state index in [0.717, 1.165) is 17.2 Å². The number of thioether (sulfide) groups is 1. The first-order valence-electron chi connectivity index (χ1n) is 9.82. The van der Waals surface area contributed by atoms with Gasteiger partial charge in [-0.15, -0.1) is 0 Å². The highest BCUT2D eigenvalue weighted by atomic mass is 32.2. The van der Waals surface area contributed by atoms with Crippen LogP contribution in [-0.4, -0.2) is 58.6 Å². The molecule has 1 aliphatic rings. The molecule has 0 radical (unpaired) electrons. The number of nitrogens with zero attached hydrogens (tertiary/aromatic N) is 2. The van der Waals surface area contributed by atoms with Gasteiger partial charge in [0.25, 0.3) is 0 Å². The van der Waals surface area contributed by atoms with E-state index in [4.69, 9.17) is 4.74 Å². The van der Waals surface area contributed by atoms with Crippen molar-refractivity contribution in [3.63, 3.8) is 0 Å². The molecule has 0 saturated carbocycles. The largest absolute Gasteiger partial charge is 0.444 e. The topological polar surface area (TPSA) is 83.0 Å². The zero-order valence-corrected chi connectivity index (χ0v) is 18.4. The number of urea groups is 1. The number of ether oxygens (including phenoxy) is 1. The lowest BCUT2D eigenvalue weighted by molar-refractivity contribution is 0.0529. The molecule has 7 nitrogen and oxygen atoms in total. The molecule has 0 bridgehead atoms. The number of carbonyl (C=O) groups excluding carboxylic acids is 2. The monoisotopic (exact) mass is 400 g/mol. The van der Waals surface area contributed by atoms with Gasteiger partial charge in [-0.3, -0.25) is 0 Å². The maximum atomic E-state index is 12.2. The van der Waals surface area contributed by atoms with Gasteiger partial charge in [-0.25, -0.2) is 14.6 Å². The van der Waals surface area contributed by atoms with Crippen LogP contribution in [-0.2, 0) is 4.74 Å². The second kappa shape index (κ2) is 11.4. The normalized spacial score (nSPS) is 20.6. The molecule has 0 aromatic carbocycles. The molecule has 2 N–H and O–H groups in total. The number of hydrogen-bond acceptors (Lipinski definition) is 5. The van der Waals surface area contributed by atoms with Gasteiger partial charge in [0.15, 0.2) is 0 Å². The third-order valence-electron chi connectivity index (χ3n) is 4.06. The summed E-state index contributed by atoms with van der Waals surface area (Å²) >= 11 is 1.88. The van der Waals surface area contributed by atoms with E-state index >= 15 is 0 Å². The molecule has 1 heterocycles. The molecule has 1 fully saturated rings. The SMILES string of the molecule is CCCCCSCC1C(C)NC(=O)N1/N=C(\C)CCNC(=O)OC(C)(C)C. The molecular weight excluding hydrogens is 364 g/mol. The van der Waals surface area contributed by atoms with Crippen LogP contribution in [0, 0.1) is 0 Å². The fraction of sp³-hybridized carbons (Fsp3) is 0.842. The van der Waals surface area contributed by atoms with Gasteiger partial charge in [-0.05, 0) is 46.8 Å². The van der Waals surface area contributed by atoms with Crippen LogP contribution in [0.15, 0.2) is 5.10 Å². The predicted octanol–water partition coefficient (Wildman–Crippen LogP) is 3.98. The van der Waals surface area contributed by atoms with Crippen molar-refractivity contribution in [3.05, 3.63) is 0 Å². The summed E-state index contributed by atoms with van der Waals surface area (Å²) in [6, 6.07) is -0.0217. The van der Waals surface area contributed by atoms with Crippen molar-refractivity contribution in [2.75, 3.05) is 18.1 Å². The van der Waals surface area contributed by atoms with Crippen LogP contribution in [0.1, 0.15) is 67.2 Å². The molecule has 0 aromatic rings. The zero-order chi connectivity index (χ0) is 20.4. The average molecular weight is 401 g/mol. The molecule has 1 saturated heterocycles. The minimum absolute atomic E-state index is 0.0536. The maximum absolute atomic E-state index is 12.2. The Kier molecular flexibility index (Phi) is 9.98. The zero-order valence-electron chi connectivity index (χ0n) is 17.6. The molecule has 156 valence electrons. The lowest BCUT2D eigenvalue weighted by atomic mass is 10.2. The third kappa shape index (κ3) is 9.35. The summed E-state index contributed by atoms with van der Waals surface area (Å²) in [4.78, 5) is 23.9. The molecule has 1 aliphatic heterocycles. The number of hydrazone groups is 1. The first-order chi connectivity index (χ1) is 12.6. The summed E-state index contributed by atoms with van der Waals surface area (Å²) < 4.78 is 5.21. The Balaban J connectivity index is 2.48. The second-order valence-corrected chi connectivity index (χ2v) is 9.10. The highest BCUT2D eigenvalue weighted by molar-refractivity contribution is 7.99. The Morgan fingerprint density at radius 2 is 2.07 bits per heavy atom. The Hall–Kier alpha value is -1.44. The van der Waals surface area contributed by atoms with Crippen molar-refractivity contribution in [1.82, 2.24) is 15.6 Å². The predicted molar refractivity (Wildman–Crippen MR) is 112 cm³/mol. The van der Waals surface area contributed by atoms with E-state index in [0.29, 0.717) is 13.0 Å². The van der Waals surface area contributed by atoms with Gasteiger partial charge in [0, 0.05) is 24.4 Å². The van der Waals surface area contributed by atoms with E-state index in [-0.39, 0.29) is 18.1 Å². The van der Waals surface area contributed by atoms with E-state index in [1.807, 2.05) is 46.4 Å². The van der Waals surface area contributed by atoms with Crippen molar-refractivity contribution in [3.8, 4) is 0 Å². The fourth-order valence-electron chi connectivity index (χ4n) is 2.61. The number of alkyl carbamates (subject to hydrolysis) is 1. The van der Waals surface area contributed by atoms with Crippen molar-refractivity contribution in [2.45, 2.75) is 84.9 Å². The van der Waals surface area contributed by atoms with Gasteiger partial charge in [0.05, 0.1) is 12.1 Å². The number of rotatable bonds is 10. The number of hydrogen-bond donors (Lipinski definition) is 2. The van der Waals surface area contributed by atoms with Gasteiger partial charge in [0.1, 0.15) is 5.60 Å². The number of nitrogens with one attached hydrogen (secondary N) is 2. The molecule has 27 heavy (non-hydrogen) atoms. The Morgan fingerprint density at radius 3 is 2.70 bits per heavy atom. The van der Waals surface area contributed by atoms with Crippen LogP contribution in [0.5, 0.6) is 0 Å². The average Bonchev–Trinajstić information content (AvgIpc) is 2.79. The first kappa shape index (κ1) is 23.6. The minimum atomic E-state index is -0.515. The summed E-state index contributed by atoms with van der Waals surface area (Å²) in [5, 5.41) is 11.7. The fourth-order valence-corrected chi connectivity index (χ4v) is 3.85. The third-order valence-corrected chi connectivity index (χ3v) is 5.22. The standard InChI is InChI=1S/C19H36N4O3S/c1-7-8-9-12-27-13-16-15(3)21-17(24)23(16)22-14(2)10-11-20-18(25)26-19(4,5)6/h15-16H,7-13H2,1-6H3,(H,20,25)(H,21,24)/b22-14+. The summed E-state index contributed by atoms with van der Waals surface area (Å²) in [5.74, 6) is 1.98. The molecule has 2 atom stereocenters. The molecule has 0 aromatic heterocycles. The van der Waals surface area contributed by atoms with Crippen LogP contribution in [0.25, 0.3) is 0 Å². The smallest absolute Gasteiger partial charge is 0.407 e. The minimum Gasteiger partial charge on any atom is -0.444 e. The van der Waals surface area contributed by atoms with Crippen LogP contribution in [0.2, 0.25) is 0 Å². The van der Waals surface area contributed by atoms with Crippen molar-refractivity contribution in [1.29, 1.82) is 0 Å². The molecular formula is C19H36N4O3S. The Morgan fingerprint density at radius 1 is 1.37 bits per heavy atom. The van der Waals surface area contributed by atoms with E-state index in [9.17, 15) is 9.59 Å². The Bertz CT molecular complexity index is 520. The van der Waals surface area contributed by atoms with Crippen LogP contribution in [0.4, 0.5) is 9.59 Å². The van der Waals surface area contributed by atoms with Gasteiger partial charge in [-0.1, -0.05) is 19.8 Å². The summed E-state index contributed by atoms with van der Waals surface area (Å²) in [7, 11) is 0. The highest BCUT2D eigenvalue weighted by Gasteiger charge is 2.36. The molecule has 0 spiro atoms. The lowest BCUT2D eigenvalue weighted by Crippen LogP contribution is -2.36. The quantitative estimate of drug-likeness (QED) is 0.429. The van der Waals surface area contributed by atoms with Crippen molar-refractivity contribution in [2.24, 2.45) is 5.10 Å². The van der Waals surface area contributed by atoms with Crippen LogP contribution >= 0.6 is 11.8 Å².